The van der Waals surface area contributed by atoms with Crippen LogP contribution in [-0.4, -0.2) is 42.9 Å². The highest BCUT2D eigenvalue weighted by atomic mass is 19.3. The number of hydrogen-bond donors (Lipinski definition) is 0. The molecule has 0 unspecified atom stereocenters. The normalized spacial score (nSPS) is 11.7. The standard InChI is InChI=1S/C21H23F2N7O/c1-12(2)20(14(4)24-5)16-7-9-19(28-27-16)31-11-17-13(3)26-29-30(17)18-8-6-15(10-25-18)21(22)23/h6-10,21H,11H2,1-5H3. The summed E-state index contributed by atoms with van der Waals surface area (Å²) in [4.78, 5) is 8.29. The second kappa shape index (κ2) is 9.50. The fraction of sp³-hybridized carbons (Fsp3) is 0.333. The van der Waals surface area contributed by atoms with Crippen molar-refractivity contribution in [3.63, 3.8) is 0 Å². The quantitative estimate of drug-likeness (QED) is 0.526. The summed E-state index contributed by atoms with van der Waals surface area (Å²) >= 11 is 0. The minimum absolute atomic E-state index is 0.107. The molecule has 0 bridgehead atoms. The number of ether oxygens (including phenoxy) is 1. The van der Waals surface area contributed by atoms with Crippen molar-refractivity contribution in [2.75, 3.05) is 7.05 Å². The third-order valence-corrected chi connectivity index (χ3v) is 4.65. The molecule has 3 rings (SSSR count). The van der Waals surface area contributed by atoms with Gasteiger partial charge in [-0.25, -0.2) is 13.8 Å². The highest BCUT2D eigenvalue weighted by molar-refractivity contribution is 6.22. The molecule has 10 heteroatoms. The van der Waals surface area contributed by atoms with Crippen LogP contribution in [0.25, 0.3) is 11.4 Å². The van der Waals surface area contributed by atoms with E-state index in [1.165, 1.54) is 16.8 Å². The number of aryl methyl sites for hydroxylation is 1. The molecule has 3 aromatic heterocycles. The second-order valence-corrected chi connectivity index (χ2v) is 7.01. The molecule has 0 fully saturated rings. The van der Waals surface area contributed by atoms with E-state index in [0.29, 0.717) is 28.8 Å². The molecule has 0 atom stereocenters. The maximum atomic E-state index is 12.8. The summed E-state index contributed by atoms with van der Waals surface area (Å²) in [6, 6.07) is 6.33. The van der Waals surface area contributed by atoms with Gasteiger partial charge in [-0.3, -0.25) is 4.99 Å². The van der Waals surface area contributed by atoms with Crippen molar-refractivity contribution >= 4 is 11.3 Å². The average molecular weight is 427 g/mol. The molecule has 3 heterocycles. The van der Waals surface area contributed by atoms with E-state index in [4.69, 9.17) is 4.74 Å². The molecule has 0 aromatic carbocycles. The van der Waals surface area contributed by atoms with Gasteiger partial charge in [-0.1, -0.05) is 10.8 Å². The van der Waals surface area contributed by atoms with Gasteiger partial charge in [-0.2, -0.15) is 4.68 Å². The Balaban J connectivity index is 1.78. The molecule has 0 aliphatic carbocycles. The molecule has 0 aliphatic heterocycles. The maximum Gasteiger partial charge on any atom is 0.265 e. The van der Waals surface area contributed by atoms with E-state index < -0.39 is 6.43 Å². The van der Waals surface area contributed by atoms with E-state index in [1.807, 2.05) is 26.8 Å². The second-order valence-electron chi connectivity index (χ2n) is 7.01. The summed E-state index contributed by atoms with van der Waals surface area (Å²) in [6.07, 6.45) is -1.46. The van der Waals surface area contributed by atoms with E-state index >= 15 is 0 Å². The van der Waals surface area contributed by atoms with Gasteiger partial charge in [0.25, 0.3) is 6.43 Å². The van der Waals surface area contributed by atoms with Crippen LogP contribution in [0.1, 0.15) is 49.8 Å². The molecular weight excluding hydrogens is 404 g/mol. The Morgan fingerprint density at radius 3 is 2.42 bits per heavy atom. The Labute approximate surface area is 178 Å². The minimum Gasteiger partial charge on any atom is -0.470 e. The predicted molar refractivity (Wildman–Crippen MR) is 113 cm³/mol. The van der Waals surface area contributed by atoms with Gasteiger partial charge in [0.15, 0.2) is 5.82 Å². The smallest absolute Gasteiger partial charge is 0.265 e. The zero-order valence-corrected chi connectivity index (χ0v) is 18.0. The topological polar surface area (TPSA) is 91.0 Å². The summed E-state index contributed by atoms with van der Waals surface area (Å²) < 4.78 is 32.7. The lowest BCUT2D eigenvalue weighted by molar-refractivity contribution is 0.151. The summed E-state index contributed by atoms with van der Waals surface area (Å²) in [7, 11) is 1.73. The van der Waals surface area contributed by atoms with Gasteiger partial charge >= 0.3 is 0 Å². The van der Waals surface area contributed by atoms with Crippen molar-refractivity contribution < 1.29 is 13.5 Å². The molecule has 8 nitrogen and oxygen atoms in total. The number of halogens is 2. The molecule has 0 saturated carbocycles. The summed E-state index contributed by atoms with van der Waals surface area (Å²) in [6.45, 7) is 7.80. The maximum absolute atomic E-state index is 12.8. The zero-order valence-electron chi connectivity index (χ0n) is 18.0. The van der Waals surface area contributed by atoms with E-state index in [9.17, 15) is 8.78 Å². The van der Waals surface area contributed by atoms with Crippen molar-refractivity contribution in [2.24, 2.45) is 4.99 Å². The molecule has 0 aliphatic rings. The van der Waals surface area contributed by atoms with Crippen molar-refractivity contribution in [2.45, 2.75) is 40.7 Å². The van der Waals surface area contributed by atoms with Crippen molar-refractivity contribution in [3.8, 4) is 11.7 Å². The van der Waals surface area contributed by atoms with Crippen molar-refractivity contribution in [1.29, 1.82) is 0 Å². The number of aromatic nitrogens is 6. The molecule has 0 radical (unpaired) electrons. The molecular formula is C21H23F2N7O. The van der Waals surface area contributed by atoms with Crippen LogP contribution in [-0.2, 0) is 6.61 Å². The number of hydrogen-bond acceptors (Lipinski definition) is 7. The van der Waals surface area contributed by atoms with Crippen LogP contribution < -0.4 is 4.74 Å². The van der Waals surface area contributed by atoms with E-state index in [-0.39, 0.29) is 12.2 Å². The highest BCUT2D eigenvalue weighted by Crippen LogP contribution is 2.21. The predicted octanol–water partition coefficient (Wildman–Crippen LogP) is 4.16. The summed E-state index contributed by atoms with van der Waals surface area (Å²) in [5, 5.41) is 16.5. The highest BCUT2D eigenvalue weighted by Gasteiger charge is 2.15. The van der Waals surface area contributed by atoms with Gasteiger partial charge in [0.05, 0.1) is 11.4 Å². The molecule has 0 amide bonds. The van der Waals surface area contributed by atoms with Gasteiger partial charge in [0.2, 0.25) is 5.88 Å². The van der Waals surface area contributed by atoms with Crippen LogP contribution in [0, 0.1) is 6.92 Å². The molecule has 31 heavy (non-hydrogen) atoms. The lowest BCUT2D eigenvalue weighted by Gasteiger charge is -2.10. The van der Waals surface area contributed by atoms with E-state index in [1.54, 1.807) is 20.0 Å². The third kappa shape index (κ3) is 4.96. The van der Waals surface area contributed by atoms with Gasteiger partial charge in [-0.05, 0) is 45.9 Å². The minimum atomic E-state index is -2.58. The first-order valence-electron chi connectivity index (χ1n) is 9.55. The number of alkyl halides is 2. The fourth-order valence-electron chi connectivity index (χ4n) is 2.97. The van der Waals surface area contributed by atoms with Gasteiger partial charge in [0, 0.05) is 36.2 Å². The first kappa shape index (κ1) is 22.1. The molecule has 0 saturated heterocycles. The largest absolute Gasteiger partial charge is 0.470 e. The summed E-state index contributed by atoms with van der Waals surface area (Å²) in [5.41, 5.74) is 4.71. The van der Waals surface area contributed by atoms with E-state index in [2.05, 4.69) is 30.5 Å². The van der Waals surface area contributed by atoms with Crippen LogP contribution in [0.4, 0.5) is 8.78 Å². The van der Waals surface area contributed by atoms with Crippen LogP contribution in [0.2, 0.25) is 0 Å². The van der Waals surface area contributed by atoms with E-state index in [0.717, 1.165) is 23.1 Å². The van der Waals surface area contributed by atoms with Gasteiger partial charge < -0.3 is 4.74 Å². The van der Waals surface area contributed by atoms with Crippen LogP contribution in [0.15, 0.2) is 41.0 Å². The van der Waals surface area contributed by atoms with Crippen molar-refractivity contribution in [1.82, 2.24) is 30.2 Å². The number of allylic oxidation sites excluding steroid dienone is 2. The lowest BCUT2D eigenvalue weighted by atomic mass is 10.0. The first-order valence-corrected chi connectivity index (χ1v) is 9.55. The number of pyridine rings is 1. The molecule has 0 spiro atoms. The zero-order chi connectivity index (χ0) is 22.5. The van der Waals surface area contributed by atoms with Gasteiger partial charge in [0.1, 0.15) is 12.3 Å². The lowest BCUT2D eigenvalue weighted by Crippen LogP contribution is -2.09. The SMILES string of the molecule is CN=C(C)C(=C(C)C)c1ccc(OCc2c(C)nnn2-c2ccc(C(F)F)cn2)nn1. The van der Waals surface area contributed by atoms with Gasteiger partial charge in [-0.15, -0.1) is 15.3 Å². The summed E-state index contributed by atoms with van der Waals surface area (Å²) in [5.74, 6) is 0.698. The average Bonchev–Trinajstić information content (AvgIpc) is 3.13. The number of nitrogens with zero attached hydrogens (tertiary/aromatic N) is 7. The molecule has 0 N–H and O–H groups in total. The fourth-order valence-corrected chi connectivity index (χ4v) is 2.97. The number of aliphatic imine (C=N–C) groups is 1. The Kier molecular flexibility index (Phi) is 6.78. The Morgan fingerprint density at radius 2 is 1.87 bits per heavy atom. The molecule has 3 aromatic rings. The van der Waals surface area contributed by atoms with Crippen LogP contribution in [0.5, 0.6) is 5.88 Å². The third-order valence-electron chi connectivity index (χ3n) is 4.65. The Morgan fingerprint density at radius 1 is 1.10 bits per heavy atom. The monoisotopic (exact) mass is 427 g/mol. The Bertz CT molecular complexity index is 1100. The van der Waals surface area contributed by atoms with Crippen LogP contribution in [0.3, 0.4) is 0 Å². The first-order chi connectivity index (χ1) is 14.8. The molecule has 162 valence electrons. The number of rotatable bonds is 7. The van der Waals surface area contributed by atoms with Crippen molar-refractivity contribution in [3.05, 3.63) is 58.7 Å². The van der Waals surface area contributed by atoms with Crippen LogP contribution >= 0.6 is 0 Å². The Hall–Kier alpha value is -3.56.